The van der Waals surface area contributed by atoms with Gasteiger partial charge in [0.15, 0.2) is 0 Å². The monoisotopic (exact) mass is 403 g/mol. The zero-order valence-electron chi connectivity index (χ0n) is 16.0. The molecular formula is C20H25N3O4S. The molecule has 0 aromatic heterocycles. The number of anilines is 1. The predicted molar refractivity (Wildman–Crippen MR) is 109 cm³/mol. The van der Waals surface area contributed by atoms with E-state index in [1.165, 1.54) is 0 Å². The maximum Gasteiger partial charge on any atom is 0.253 e. The Morgan fingerprint density at radius 3 is 2.29 bits per heavy atom. The van der Waals surface area contributed by atoms with E-state index in [2.05, 4.69) is 10.6 Å². The lowest BCUT2D eigenvalue weighted by molar-refractivity contribution is -0.116. The molecule has 150 valence electrons. The average molecular weight is 404 g/mol. The average Bonchev–Trinajstić information content (AvgIpc) is 2.66. The van der Waals surface area contributed by atoms with Gasteiger partial charge in [-0.25, -0.2) is 8.42 Å². The molecule has 2 N–H and O–H groups in total. The number of nitrogens with one attached hydrogen (secondary N) is 2. The second kappa shape index (κ2) is 10.0. The van der Waals surface area contributed by atoms with Crippen LogP contribution in [0.4, 0.5) is 5.69 Å². The van der Waals surface area contributed by atoms with Crippen molar-refractivity contribution in [2.45, 2.75) is 19.9 Å². The lowest BCUT2D eigenvalue weighted by Crippen LogP contribution is -2.37. The van der Waals surface area contributed by atoms with Crippen LogP contribution < -0.4 is 10.6 Å². The molecule has 0 radical (unpaired) electrons. The van der Waals surface area contributed by atoms with Crippen molar-refractivity contribution in [1.82, 2.24) is 9.62 Å². The van der Waals surface area contributed by atoms with Gasteiger partial charge in [0.25, 0.3) is 5.91 Å². The van der Waals surface area contributed by atoms with Crippen molar-refractivity contribution >= 4 is 27.5 Å². The molecule has 2 rings (SSSR count). The molecule has 0 bridgehead atoms. The van der Waals surface area contributed by atoms with Gasteiger partial charge in [0.2, 0.25) is 15.9 Å². The molecule has 0 saturated heterocycles. The summed E-state index contributed by atoms with van der Waals surface area (Å²) in [7, 11) is -3.60. The van der Waals surface area contributed by atoms with Crippen LogP contribution in [0.2, 0.25) is 0 Å². The summed E-state index contributed by atoms with van der Waals surface area (Å²) >= 11 is 0. The molecule has 2 aromatic carbocycles. The van der Waals surface area contributed by atoms with Crippen LogP contribution in [-0.2, 0) is 21.4 Å². The van der Waals surface area contributed by atoms with E-state index in [-0.39, 0.29) is 19.0 Å². The van der Waals surface area contributed by atoms with E-state index >= 15 is 0 Å². The fraction of sp³-hybridized carbons (Fsp3) is 0.300. The lowest BCUT2D eigenvalue weighted by atomic mass is 10.1. The molecule has 0 unspecified atom stereocenters. The second-order valence-corrected chi connectivity index (χ2v) is 8.35. The molecule has 2 amide bonds. The molecule has 0 aliphatic heterocycles. The molecule has 0 aliphatic carbocycles. The van der Waals surface area contributed by atoms with Crippen LogP contribution in [0, 0.1) is 0 Å². The number of nitrogens with zero attached hydrogens (tertiary/aromatic N) is 1. The highest BCUT2D eigenvalue weighted by atomic mass is 32.2. The highest BCUT2D eigenvalue weighted by molar-refractivity contribution is 7.88. The van der Waals surface area contributed by atoms with Crippen molar-refractivity contribution < 1.29 is 18.0 Å². The lowest BCUT2D eigenvalue weighted by Gasteiger charge is -2.20. The summed E-state index contributed by atoms with van der Waals surface area (Å²) in [5.74, 6) is -0.806. The van der Waals surface area contributed by atoms with Gasteiger partial charge in [0.1, 0.15) is 0 Å². The first-order valence-electron chi connectivity index (χ1n) is 8.97. The quantitative estimate of drug-likeness (QED) is 0.671. The van der Waals surface area contributed by atoms with Crippen LogP contribution in [0.1, 0.15) is 29.3 Å². The zero-order chi connectivity index (χ0) is 20.6. The summed E-state index contributed by atoms with van der Waals surface area (Å²) in [4.78, 5) is 24.8. The fourth-order valence-corrected chi connectivity index (χ4v) is 3.29. The molecular weight excluding hydrogens is 378 g/mol. The number of benzene rings is 2. The first kappa shape index (κ1) is 21.6. The summed E-state index contributed by atoms with van der Waals surface area (Å²) in [6.45, 7) is 2.21. The standard InChI is InChI=1S/C20H25N3O4S/c1-3-13-21-20(25)17-11-7-8-12-18(17)22-19(24)15-23(28(2,26)27)14-16-9-5-4-6-10-16/h4-12H,3,13-15H2,1-2H3,(H,21,25)(H,22,24). The Morgan fingerprint density at radius 2 is 1.64 bits per heavy atom. The minimum atomic E-state index is -3.60. The summed E-state index contributed by atoms with van der Waals surface area (Å²) in [5.41, 5.74) is 1.45. The smallest absolute Gasteiger partial charge is 0.253 e. The fourth-order valence-electron chi connectivity index (χ4n) is 2.55. The van der Waals surface area contributed by atoms with Crippen molar-refractivity contribution in [3.63, 3.8) is 0 Å². The Labute approximate surface area is 165 Å². The van der Waals surface area contributed by atoms with Crippen molar-refractivity contribution in [1.29, 1.82) is 0 Å². The molecule has 0 heterocycles. The van der Waals surface area contributed by atoms with Crippen LogP contribution in [0.5, 0.6) is 0 Å². The molecule has 28 heavy (non-hydrogen) atoms. The van der Waals surface area contributed by atoms with E-state index in [1.807, 2.05) is 13.0 Å². The van der Waals surface area contributed by atoms with Crippen LogP contribution in [0.15, 0.2) is 54.6 Å². The molecule has 0 aliphatic rings. The van der Waals surface area contributed by atoms with Crippen molar-refractivity contribution in [2.24, 2.45) is 0 Å². The summed E-state index contributed by atoms with van der Waals surface area (Å²) in [5, 5.41) is 5.41. The third-order valence-corrected chi connectivity index (χ3v) is 5.17. The van der Waals surface area contributed by atoms with Crippen LogP contribution >= 0.6 is 0 Å². The van der Waals surface area contributed by atoms with E-state index in [0.29, 0.717) is 17.8 Å². The van der Waals surface area contributed by atoms with Gasteiger partial charge in [0.05, 0.1) is 24.1 Å². The number of hydrogen-bond donors (Lipinski definition) is 2. The van der Waals surface area contributed by atoms with Gasteiger partial charge < -0.3 is 10.6 Å². The van der Waals surface area contributed by atoms with Gasteiger partial charge in [0, 0.05) is 13.1 Å². The van der Waals surface area contributed by atoms with Crippen molar-refractivity contribution in [3.05, 3.63) is 65.7 Å². The molecule has 8 heteroatoms. The Bertz CT molecular complexity index is 914. The van der Waals surface area contributed by atoms with E-state index in [4.69, 9.17) is 0 Å². The van der Waals surface area contributed by atoms with Crippen LogP contribution in [0.25, 0.3) is 0 Å². The minimum absolute atomic E-state index is 0.0890. The molecule has 0 spiro atoms. The topological polar surface area (TPSA) is 95.6 Å². The Hall–Kier alpha value is -2.71. The second-order valence-electron chi connectivity index (χ2n) is 6.37. The maximum absolute atomic E-state index is 12.5. The largest absolute Gasteiger partial charge is 0.352 e. The number of hydrogen-bond acceptors (Lipinski definition) is 4. The number of carbonyl (C=O) groups is 2. The number of carbonyl (C=O) groups excluding carboxylic acids is 2. The molecule has 7 nitrogen and oxygen atoms in total. The van der Waals surface area contributed by atoms with Crippen molar-refractivity contribution in [3.8, 4) is 0 Å². The first-order valence-corrected chi connectivity index (χ1v) is 10.8. The summed E-state index contributed by atoms with van der Waals surface area (Å²) in [6.07, 6.45) is 1.86. The number of sulfonamides is 1. The van der Waals surface area contributed by atoms with Gasteiger partial charge in [-0.15, -0.1) is 0 Å². The van der Waals surface area contributed by atoms with E-state index in [0.717, 1.165) is 22.5 Å². The number of amides is 2. The predicted octanol–water partition coefficient (Wildman–Crippen LogP) is 2.23. The van der Waals surface area contributed by atoms with Crippen LogP contribution in [-0.4, -0.2) is 43.9 Å². The Kier molecular flexibility index (Phi) is 7.71. The number of rotatable bonds is 9. The summed E-state index contributed by atoms with van der Waals surface area (Å²) in [6, 6.07) is 15.7. The zero-order valence-corrected chi connectivity index (χ0v) is 16.8. The molecule has 0 fully saturated rings. The SMILES string of the molecule is CCCNC(=O)c1ccccc1NC(=O)CN(Cc1ccccc1)S(C)(=O)=O. The third-order valence-electron chi connectivity index (χ3n) is 3.97. The Morgan fingerprint density at radius 1 is 1.00 bits per heavy atom. The molecule has 0 saturated carbocycles. The van der Waals surface area contributed by atoms with Crippen LogP contribution in [0.3, 0.4) is 0 Å². The van der Waals surface area contributed by atoms with Gasteiger partial charge in [-0.3, -0.25) is 9.59 Å². The third kappa shape index (κ3) is 6.47. The van der Waals surface area contributed by atoms with Gasteiger partial charge in [-0.1, -0.05) is 49.4 Å². The van der Waals surface area contributed by atoms with E-state index in [9.17, 15) is 18.0 Å². The molecule has 2 aromatic rings. The highest BCUT2D eigenvalue weighted by Crippen LogP contribution is 2.16. The van der Waals surface area contributed by atoms with Crippen molar-refractivity contribution in [2.75, 3.05) is 24.7 Å². The normalized spacial score (nSPS) is 11.2. The van der Waals surface area contributed by atoms with Gasteiger partial charge >= 0.3 is 0 Å². The number of para-hydroxylation sites is 1. The minimum Gasteiger partial charge on any atom is -0.352 e. The van der Waals surface area contributed by atoms with Gasteiger partial charge in [-0.05, 0) is 24.1 Å². The Balaban J connectivity index is 2.12. The van der Waals surface area contributed by atoms with E-state index in [1.54, 1.807) is 48.5 Å². The van der Waals surface area contributed by atoms with E-state index < -0.39 is 15.9 Å². The summed E-state index contributed by atoms with van der Waals surface area (Å²) < 4.78 is 25.3. The molecule has 0 atom stereocenters. The first-order chi connectivity index (χ1) is 13.3. The maximum atomic E-state index is 12.5. The highest BCUT2D eigenvalue weighted by Gasteiger charge is 2.21. The van der Waals surface area contributed by atoms with Gasteiger partial charge in [-0.2, -0.15) is 4.31 Å².